The van der Waals surface area contributed by atoms with Crippen LogP contribution < -0.4 is 0 Å². The summed E-state index contributed by atoms with van der Waals surface area (Å²) in [6, 6.07) is 0. The van der Waals surface area contributed by atoms with Gasteiger partial charge in [0.05, 0.1) is 13.2 Å². The molecule has 4 aliphatic rings. The summed E-state index contributed by atoms with van der Waals surface area (Å²) in [6.07, 6.45) is 3.92. The van der Waals surface area contributed by atoms with E-state index in [9.17, 15) is 14.7 Å². The molecule has 2 aliphatic heterocycles. The van der Waals surface area contributed by atoms with Crippen molar-refractivity contribution >= 4 is 11.9 Å². The molecule has 2 spiro atoms. The van der Waals surface area contributed by atoms with Crippen molar-refractivity contribution in [2.24, 2.45) is 23.2 Å². The molecule has 4 rings (SSSR count). The third-order valence-corrected chi connectivity index (χ3v) is 5.68. The summed E-state index contributed by atoms with van der Waals surface area (Å²) in [5.74, 6) is -1.33. The number of allylic oxidation sites excluding steroid dienone is 2. The molecule has 2 fully saturated rings. The summed E-state index contributed by atoms with van der Waals surface area (Å²) in [4.78, 5) is 23.7. The molecule has 5 heteroatoms. The third-order valence-electron chi connectivity index (χ3n) is 5.68. The van der Waals surface area contributed by atoms with Crippen molar-refractivity contribution < 1.29 is 24.2 Å². The highest BCUT2D eigenvalue weighted by Crippen LogP contribution is 2.68. The maximum absolute atomic E-state index is 12.2. The lowest BCUT2D eigenvalue weighted by atomic mass is 9.61. The molecule has 0 aromatic rings. The van der Waals surface area contributed by atoms with Crippen LogP contribution >= 0.6 is 0 Å². The van der Waals surface area contributed by atoms with Crippen molar-refractivity contribution in [2.45, 2.75) is 19.4 Å². The van der Waals surface area contributed by atoms with E-state index in [1.165, 1.54) is 5.57 Å². The Morgan fingerprint density at radius 2 is 2.20 bits per heavy atom. The van der Waals surface area contributed by atoms with E-state index in [4.69, 9.17) is 9.47 Å². The molecule has 2 saturated heterocycles. The maximum Gasteiger partial charge on any atom is 0.341 e. The lowest BCUT2D eigenvalue weighted by molar-refractivity contribution is -0.170. The van der Waals surface area contributed by atoms with E-state index in [1.807, 2.05) is 13.0 Å². The first-order valence-corrected chi connectivity index (χ1v) is 6.89. The van der Waals surface area contributed by atoms with Gasteiger partial charge in [-0.3, -0.25) is 0 Å². The van der Waals surface area contributed by atoms with Crippen LogP contribution in [0, 0.1) is 23.2 Å². The zero-order valence-electron chi connectivity index (χ0n) is 11.4. The summed E-state index contributed by atoms with van der Waals surface area (Å²) in [6.45, 7) is 4.59. The molecule has 0 unspecified atom stereocenters. The van der Waals surface area contributed by atoms with Crippen LogP contribution in [0.2, 0.25) is 0 Å². The molecule has 20 heavy (non-hydrogen) atoms. The first-order valence-electron chi connectivity index (χ1n) is 6.89. The highest BCUT2D eigenvalue weighted by molar-refractivity contribution is 5.92. The fourth-order valence-corrected chi connectivity index (χ4v) is 4.49. The van der Waals surface area contributed by atoms with E-state index in [0.29, 0.717) is 12.2 Å². The Balaban J connectivity index is 1.92. The minimum Gasteiger partial charge on any atom is -0.478 e. The van der Waals surface area contributed by atoms with Crippen LogP contribution in [0.25, 0.3) is 0 Å². The van der Waals surface area contributed by atoms with E-state index < -0.39 is 17.0 Å². The minimum absolute atomic E-state index is 0.00829. The Kier molecular flexibility index (Phi) is 2.03. The number of aliphatic carboxylic acids is 1. The Hall–Kier alpha value is -1.62. The van der Waals surface area contributed by atoms with E-state index in [-0.39, 0.29) is 30.3 Å². The average molecular weight is 276 g/mol. The van der Waals surface area contributed by atoms with E-state index in [2.05, 4.69) is 13.0 Å². The largest absolute Gasteiger partial charge is 0.478 e. The Labute approximate surface area is 116 Å². The molecule has 0 radical (unpaired) electrons. The highest BCUT2D eigenvalue weighted by Gasteiger charge is 2.78. The summed E-state index contributed by atoms with van der Waals surface area (Å²) in [7, 11) is 0. The van der Waals surface area contributed by atoms with Crippen LogP contribution in [-0.2, 0) is 19.1 Å². The molecule has 2 aliphatic carbocycles. The number of rotatable bonds is 1. The third kappa shape index (κ3) is 1.06. The lowest BCUT2D eigenvalue weighted by Crippen LogP contribution is -2.56. The molecule has 106 valence electrons. The van der Waals surface area contributed by atoms with Crippen molar-refractivity contribution in [3.8, 4) is 0 Å². The molecule has 5 nitrogen and oxygen atoms in total. The minimum atomic E-state index is -0.958. The normalized spacial score (nSPS) is 48.3. The molecule has 0 aromatic heterocycles. The molecule has 5 atom stereocenters. The number of cyclic esters (lactones) is 1. The van der Waals surface area contributed by atoms with Crippen LogP contribution in [0.5, 0.6) is 0 Å². The number of carbonyl (C=O) groups is 2. The molecule has 0 aromatic carbocycles. The van der Waals surface area contributed by atoms with Crippen LogP contribution in [0.3, 0.4) is 0 Å². The van der Waals surface area contributed by atoms with Crippen LogP contribution in [0.1, 0.15) is 13.8 Å². The summed E-state index contributed by atoms with van der Waals surface area (Å²) >= 11 is 0. The predicted molar refractivity (Wildman–Crippen MR) is 67.7 cm³/mol. The zero-order chi connectivity index (χ0) is 14.3. The Morgan fingerprint density at radius 3 is 2.80 bits per heavy atom. The SMILES string of the molecule is CC1=C[C@]23[C@H](COC(=O)[C@]24CO4)C(C(=O)O)=C[C@@H]3[C@@H]1C. The zero-order valence-corrected chi connectivity index (χ0v) is 11.4. The molecule has 0 saturated carbocycles. The standard InChI is InChI=1S/C15H16O5/c1-7-4-14-10(8(7)2)3-9(12(16)17)11(14)5-19-13(18)15(14)6-20-15/h3-4,8,10-11H,5-6H2,1-2H3,(H,16,17)/t8-,10-,11-,14+,15-/m1/s1. The number of carboxylic acids is 1. The lowest BCUT2D eigenvalue weighted by Gasteiger charge is -2.43. The second-order valence-corrected chi connectivity index (χ2v) is 6.33. The topological polar surface area (TPSA) is 76.1 Å². The van der Waals surface area contributed by atoms with Gasteiger partial charge in [0, 0.05) is 16.9 Å². The van der Waals surface area contributed by atoms with Crippen molar-refractivity contribution in [1.29, 1.82) is 0 Å². The first-order chi connectivity index (χ1) is 9.44. The smallest absolute Gasteiger partial charge is 0.341 e. The fourth-order valence-electron chi connectivity index (χ4n) is 4.49. The number of carboxylic acid groups (broad SMARTS) is 1. The molecule has 2 heterocycles. The average Bonchev–Trinajstić information content (AvgIpc) is 3.07. The van der Waals surface area contributed by atoms with Gasteiger partial charge >= 0.3 is 11.9 Å². The molecule has 0 amide bonds. The van der Waals surface area contributed by atoms with Crippen molar-refractivity contribution in [3.63, 3.8) is 0 Å². The van der Waals surface area contributed by atoms with Crippen LogP contribution in [0.4, 0.5) is 0 Å². The second-order valence-electron chi connectivity index (χ2n) is 6.33. The van der Waals surface area contributed by atoms with Gasteiger partial charge < -0.3 is 14.6 Å². The molecule has 0 bridgehead atoms. The summed E-state index contributed by atoms with van der Waals surface area (Å²) in [5.41, 5.74) is 0.0538. The van der Waals surface area contributed by atoms with E-state index >= 15 is 0 Å². The Bertz CT molecular complexity index is 597. The number of esters is 1. The van der Waals surface area contributed by atoms with Crippen LogP contribution in [-0.4, -0.2) is 35.9 Å². The van der Waals surface area contributed by atoms with Crippen molar-refractivity contribution in [3.05, 3.63) is 23.3 Å². The van der Waals surface area contributed by atoms with Gasteiger partial charge in [-0.2, -0.15) is 0 Å². The van der Waals surface area contributed by atoms with Gasteiger partial charge in [0.25, 0.3) is 0 Å². The van der Waals surface area contributed by atoms with Crippen molar-refractivity contribution in [1.82, 2.24) is 0 Å². The number of epoxide rings is 1. The number of hydrogen-bond acceptors (Lipinski definition) is 4. The van der Waals surface area contributed by atoms with Gasteiger partial charge in [0.15, 0.2) is 5.60 Å². The van der Waals surface area contributed by atoms with Gasteiger partial charge in [-0.25, -0.2) is 9.59 Å². The monoisotopic (exact) mass is 276 g/mol. The van der Waals surface area contributed by atoms with Crippen LogP contribution in [0.15, 0.2) is 23.3 Å². The molecular weight excluding hydrogens is 260 g/mol. The van der Waals surface area contributed by atoms with E-state index in [0.717, 1.165) is 0 Å². The molecular formula is C15H16O5. The van der Waals surface area contributed by atoms with Gasteiger partial charge in [-0.1, -0.05) is 24.6 Å². The second kappa shape index (κ2) is 3.34. The molecule has 1 N–H and O–H groups in total. The number of hydrogen-bond donors (Lipinski definition) is 1. The quantitative estimate of drug-likeness (QED) is 0.442. The van der Waals surface area contributed by atoms with Gasteiger partial charge in [-0.15, -0.1) is 0 Å². The van der Waals surface area contributed by atoms with E-state index in [1.54, 1.807) is 0 Å². The summed E-state index contributed by atoms with van der Waals surface area (Å²) in [5, 5.41) is 9.44. The first kappa shape index (κ1) is 12.1. The highest BCUT2D eigenvalue weighted by atomic mass is 16.6. The van der Waals surface area contributed by atoms with Crippen molar-refractivity contribution in [2.75, 3.05) is 13.2 Å². The number of ether oxygens (including phenoxy) is 2. The predicted octanol–water partition coefficient (Wildman–Crippen LogP) is 1.15. The Morgan fingerprint density at radius 1 is 1.50 bits per heavy atom. The maximum atomic E-state index is 12.2. The number of carbonyl (C=O) groups excluding carboxylic acids is 1. The van der Waals surface area contributed by atoms with Gasteiger partial charge in [-0.05, 0) is 18.8 Å². The van der Waals surface area contributed by atoms with Gasteiger partial charge in [0.2, 0.25) is 0 Å². The summed E-state index contributed by atoms with van der Waals surface area (Å²) < 4.78 is 10.8. The van der Waals surface area contributed by atoms with Gasteiger partial charge in [0.1, 0.15) is 0 Å². The fraction of sp³-hybridized carbons (Fsp3) is 0.600.